The number of rotatable bonds is 4. The summed E-state index contributed by atoms with van der Waals surface area (Å²) in [5, 5.41) is 0. The number of ether oxygens (including phenoxy) is 4. The highest BCUT2D eigenvalue weighted by Crippen LogP contribution is 2.68. The van der Waals surface area contributed by atoms with Crippen LogP contribution in [-0.4, -0.2) is 38.9 Å². The average molecular weight is 320 g/mol. The van der Waals surface area contributed by atoms with E-state index >= 15 is 0 Å². The van der Waals surface area contributed by atoms with Crippen LogP contribution in [0, 0.1) is 5.41 Å². The van der Waals surface area contributed by atoms with Crippen molar-refractivity contribution in [2.75, 3.05) is 21.3 Å². The van der Waals surface area contributed by atoms with Crippen molar-refractivity contribution in [3.8, 4) is 5.75 Å². The van der Waals surface area contributed by atoms with E-state index in [-0.39, 0.29) is 6.10 Å². The monoisotopic (exact) mass is 320 g/mol. The summed E-state index contributed by atoms with van der Waals surface area (Å²) >= 11 is 0. The third kappa shape index (κ3) is 1.97. The molecule has 23 heavy (non-hydrogen) atoms. The highest BCUT2D eigenvalue weighted by atomic mass is 16.6. The second-order valence-electron chi connectivity index (χ2n) is 5.87. The molecule has 3 rings (SSSR count). The van der Waals surface area contributed by atoms with Crippen LogP contribution in [0.2, 0.25) is 0 Å². The lowest BCUT2D eigenvalue weighted by Gasteiger charge is -2.28. The molecule has 2 unspecified atom stereocenters. The van der Waals surface area contributed by atoms with Gasteiger partial charge < -0.3 is 18.9 Å². The van der Waals surface area contributed by atoms with E-state index in [1.165, 1.54) is 14.2 Å². The van der Waals surface area contributed by atoms with Crippen LogP contribution < -0.4 is 4.74 Å². The zero-order chi connectivity index (χ0) is 16.7. The zero-order valence-electron chi connectivity index (χ0n) is 13.5. The van der Waals surface area contributed by atoms with Crippen LogP contribution in [0.25, 0.3) is 0 Å². The molecule has 2 atom stereocenters. The molecule has 1 aromatic carbocycles. The fourth-order valence-electron chi connectivity index (χ4n) is 3.91. The second-order valence-corrected chi connectivity index (χ2v) is 5.87. The molecule has 1 saturated heterocycles. The van der Waals surface area contributed by atoms with Crippen molar-refractivity contribution in [1.82, 2.24) is 0 Å². The smallest absolute Gasteiger partial charge is 0.326 e. The Balaban J connectivity index is 2.05. The lowest BCUT2D eigenvalue weighted by atomic mass is 9.74. The second kappa shape index (κ2) is 5.53. The van der Waals surface area contributed by atoms with Crippen LogP contribution in [0.4, 0.5) is 0 Å². The van der Waals surface area contributed by atoms with Gasteiger partial charge in [0.25, 0.3) is 0 Å². The van der Waals surface area contributed by atoms with Gasteiger partial charge in [0.15, 0.2) is 5.41 Å². The molecule has 0 bridgehead atoms. The van der Waals surface area contributed by atoms with Gasteiger partial charge in [0.2, 0.25) is 0 Å². The molecule has 2 aliphatic rings. The minimum Gasteiger partial charge on any atom is -0.496 e. The molecule has 1 aliphatic heterocycles. The Morgan fingerprint density at radius 2 is 1.74 bits per heavy atom. The Hall–Kier alpha value is -2.08. The number of para-hydroxylation sites is 1. The predicted octanol–water partition coefficient (Wildman–Crippen LogP) is 2.02. The van der Waals surface area contributed by atoms with Crippen molar-refractivity contribution in [2.24, 2.45) is 5.41 Å². The number of esters is 2. The highest BCUT2D eigenvalue weighted by molar-refractivity contribution is 6.02. The van der Waals surface area contributed by atoms with Crippen molar-refractivity contribution in [3.63, 3.8) is 0 Å². The van der Waals surface area contributed by atoms with Gasteiger partial charge in [-0.1, -0.05) is 18.2 Å². The average Bonchev–Trinajstić information content (AvgIpc) is 3.19. The SMILES string of the molecule is COC(=O)C1(C(=O)OC)CCCC12OC2c1ccccc1OC. The topological polar surface area (TPSA) is 74.4 Å². The van der Waals surface area contributed by atoms with Crippen LogP contribution in [-0.2, 0) is 23.8 Å². The van der Waals surface area contributed by atoms with Gasteiger partial charge in [0.1, 0.15) is 17.5 Å². The summed E-state index contributed by atoms with van der Waals surface area (Å²) in [7, 11) is 4.13. The first kappa shape index (κ1) is 15.8. The van der Waals surface area contributed by atoms with Gasteiger partial charge in [0, 0.05) is 5.56 Å². The molecule has 0 amide bonds. The Morgan fingerprint density at radius 3 is 2.35 bits per heavy atom. The molecule has 6 nitrogen and oxygen atoms in total. The summed E-state index contributed by atoms with van der Waals surface area (Å²) in [6, 6.07) is 7.45. The van der Waals surface area contributed by atoms with Crippen molar-refractivity contribution in [1.29, 1.82) is 0 Å². The summed E-state index contributed by atoms with van der Waals surface area (Å²) in [5.41, 5.74) is -1.50. The minimum atomic E-state index is -1.41. The number of epoxide rings is 1. The maximum atomic E-state index is 12.5. The van der Waals surface area contributed by atoms with E-state index < -0.39 is 23.0 Å². The van der Waals surface area contributed by atoms with Gasteiger partial charge in [-0.05, 0) is 25.3 Å². The molecular formula is C17H20O6. The molecule has 1 aliphatic carbocycles. The van der Waals surface area contributed by atoms with Crippen LogP contribution in [0.5, 0.6) is 5.75 Å². The first-order valence-corrected chi connectivity index (χ1v) is 7.55. The number of hydrogen-bond donors (Lipinski definition) is 0. The van der Waals surface area contributed by atoms with E-state index in [9.17, 15) is 9.59 Å². The minimum absolute atomic E-state index is 0.359. The lowest BCUT2D eigenvalue weighted by molar-refractivity contribution is -0.173. The number of carbonyl (C=O) groups is 2. The van der Waals surface area contributed by atoms with Gasteiger partial charge in [-0.15, -0.1) is 0 Å². The number of carbonyl (C=O) groups excluding carboxylic acids is 2. The zero-order valence-corrected chi connectivity index (χ0v) is 13.5. The molecule has 2 fully saturated rings. The molecule has 124 valence electrons. The summed E-state index contributed by atoms with van der Waals surface area (Å²) < 4.78 is 21.2. The molecule has 0 N–H and O–H groups in total. The summed E-state index contributed by atoms with van der Waals surface area (Å²) in [4.78, 5) is 25.0. The van der Waals surface area contributed by atoms with Gasteiger partial charge in [-0.25, -0.2) is 0 Å². The number of benzene rings is 1. The Morgan fingerprint density at radius 1 is 1.09 bits per heavy atom. The van der Waals surface area contributed by atoms with E-state index in [0.29, 0.717) is 25.0 Å². The van der Waals surface area contributed by atoms with Crippen LogP contribution >= 0.6 is 0 Å². The summed E-state index contributed by atoms with van der Waals surface area (Å²) in [6.07, 6.45) is 1.26. The van der Waals surface area contributed by atoms with E-state index in [4.69, 9.17) is 18.9 Å². The van der Waals surface area contributed by atoms with E-state index in [2.05, 4.69) is 0 Å². The van der Waals surface area contributed by atoms with Crippen LogP contribution in [0.1, 0.15) is 30.9 Å². The molecular weight excluding hydrogens is 300 g/mol. The largest absolute Gasteiger partial charge is 0.496 e. The predicted molar refractivity (Wildman–Crippen MR) is 79.9 cm³/mol. The molecule has 1 spiro atoms. The van der Waals surface area contributed by atoms with Crippen molar-refractivity contribution in [2.45, 2.75) is 31.0 Å². The Kier molecular flexibility index (Phi) is 3.80. The third-order valence-electron chi connectivity index (χ3n) is 5.01. The Bertz CT molecular complexity index is 624. The quantitative estimate of drug-likeness (QED) is 0.480. The van der Waals surface area contributed by atoms with Crippen molar-refractivity contribution >= 4 is 11.9 Å². The van der Waals surface area contributed by atoms with Crippen molar-refractivity contribution < 1.29 is 28.5 Å². The maximum absolute atomic E-state index is 12.5. The lowest BCUT2D eigenvalue weighted by Crippen LogP contribution is -2.49. The number of hydrogen-bond acceptors (Lipinski definition) is 6. The highest BCUT2D eigenvalue weighted by Gasteiger charge is 2.79. The fraction of sp³-hybridized carbons (Fsp3) is 0.529. The molecule has 1 heterocycles. The molecule has 1 aromatic rings. The van der Waals surface area contributed by atoms with Crippen LogP contribution in [0.15, 0.2) is 24.3 Å². The normalized spacial score (nSPS) is 27.5. The summed E-state index contributed by atoms with van der Waals surface area (Å²) in [6.45, 7) is 0. The first-order chi connectivity index (χ1) is 11.1. The Labute approximate surface area is 134 Å². The van der Waals surface area contributed by atoms with Gasteiger partial charge >= 0.3 is 11.9 Å². The van der Waals surface area contributed by atoms with E-state index in [1.54, 1.807) is 7.11 Å². The van der Waals surface area contributed by atoms with Gasteiger partial charge in [-0.3, -0.25) is 9.59 Å². The third-order valence-corrected chi connectivity index (χ3v) is 5.01. The number of methoxy groups -OCH3 is 3. The maximum Gasteiger partial charge on any atom is 0.326 e. The fourth-order valence-corrected chi connectivity index (χ4v) is 3.91. The summed E-state index contributed by atoms with van der Waals surface area (Å²) in [5.74, 6) is -0.525. The van der Waals surface area contributed by atoms with Gasteiger partial charge in [0.05, 0.1) is 21.3 Å². The molecule has 0 radical (unpaired) electrons. The first-order valence-electron chi connectivity index (χ1n) is 7.55. The molecule has 0 aromatic heterocycles. The van der Waals surface area contributed by atoms with Crippen LogP contribution in [0.3, 0.4) is 0 Å². The molecule has 6 heteroatoms. The molecule has 1 saturated carbocycles. The standard InChI is InChI=1S/C17H20O6/c1-20-12-8-5-4-7-11(12)13-17(23-13)10-6-9-16(17,14(18)21-2)15(19)22-3/h4-5,7-8,13H,6,9-10H2,1-3H3. The van der Waals surface area contributed by atoms with Gasteiger partial charge in [-0.2, -0.15) is 0 Å². The van der Waals surface area contributed by atoms with Crippen molar-refractivity contribution in [3.05, 3.63) is 29.8 Å². The van der Waals surface area contributed by atoms with E-state index in [1.807, 2.05) is 24.3 Å². The van der Waals surface area contributed by atoms with E-state index in [0.717, 1.165) is 5.56 Å².